The Hall–Kier alpha value is -2.00. The quantitative estimate of drug-likeness (QED) is 0.284. The van der Waals surface area contributed by atoms with Gasteiger partial charge in [0.1, 0.15) is 19.0 Å². The van der Waals surface area contributed by atoms with Crippen LogP contribution in [0.1, 0.15) is 47.0 Å². The highest BCUT2D eigenvalue weighted by molar-refractivity contribution is 5.74. The van der Waals surface area contributed by atoms with Gasteiger partial charge >= 0.3 is 11.9 Å². The van der Waals surface area contributed by atoms with Crippen molar-refractivity contribution >= 4 is 24.1 Å². The predicted molar refractivity (Wildman–Crippen MR) is 86.3 cm³/mol. The summed E-state index contributed by atoms with van der Waals surface area (Å²) < 4.78 is 15.5. The molecule has 0 saturated heterocycles. The monoisotopic (exact) mass is 361 g/mol. The van der Waals surface area contributed by atoms with Crippen molar-refractivity contribution in [1.82, 2.24) is 5.32 Å². The van der Waals surface area contributed by atoms with Crippen molar-refractivity contribution in [2.75, 3.05) is 6.61 Å². The Balaban J connectivity index is 5.11. The molecule has 2 N–H and O–H groups in total. The summed E-state index contributed by atoms with van der Waals surface area (Å²) in [6.07, 6.45) is -2.18. The fourth-order valence-electron chi connectivity index (χ4n) is 1.89. The SMILES string of the molecule is CCCC(=O)OCC(OC(OC(C)=O)[C@@H](CC=O)NC(C)=O)[C@H](C)O. The average molecular weight is 361 g/mol. The second-order valence-electron chi connectivity index (χ2n) is 5.54. The molecule has 0 aromatic rings. The molecule has 0 aromatic carbocycles. The van der Waals surface area contributed by atoms with Crippen LogP contribution in [0, 0.1) is 0 Å². The van der Waals surface area contributed by atoms with E-state index in [1.807, 2.05) is 6.92 Å². The van der Waals surface area contributed by atoms with Gasteiger partial charge in [0.25, 0.3) is 0 Å². The third-order valence-electron chi connectivity index (χ3n) is 3.06. The molecule has 4 atom stereocenters. The van der Waals surface area contributed by atoms with E-state index in [1.54, 1.807) is 0 Å². The summed E-state index contributed by atoms with van der Waals surface area (Å²) in [5.74, 6) is -1.60. The second-order valence-corrected chi connectivity index (χ2v) is 5.54. The van der Waals surface area contributed by atoms with Crippen molar-refractivity contribution in [3.8, 4) is 0 Å². The molecule has 0 saturated carbocycles. The van der Waals surface area contributed by atoms with Gasteiger partial charge in [0.15, 0.2) is 0 Å². The van der Waals surface area contributed by atoms with Crippen LogP contribution in [0.2, 0.25) is 0 Å². The minimum atomic E-state index is -1.32. The zero-order chi connectivity index (χ0) is 19.4. The van der Waals surface area contributed by atoms with Crippen LogP contribution >= 0.6 is 0 Å². The van der Waals surface area contributed by atoms with Gasteiger partial charge in [-0.05, 0) is 13.3 Å². The number of ether oxygens (including phenoxy) is 3. The lowest BCUT2D eigenvalue weighted by atomic mass is 10.2. The number of carbonyl (C=O) groups is 4. The van der Waals surface area contributed by atoms with Gasteiger partial charge in [-0.3, -0.25) is 14.4 Å². The van der Waals surface area contributed by atoms with E-state index in [0.717, 1.165) is 6.92 Å². The van der Waals surface area contributed by atoms with Gasteiger partial charge in [0.05, 0.1) is 12.1 Å². The summed E-state index contributed by atoms with van der Waals surface area (Å²) in [5.41, 5.74) is 0. The molecule has 2 unspecified atom stereocenters. The van der Waals surface area contributed by atoms with Crippen molar-refractivity contribution < 1.29 is 38.5 Å². The van der Waals surface area contributed by atoms with E-state index < -0.39 is 42.4 Å². The van der Waals surface area contributed by atoms with Gasteiger partial charge in [0, 0.05) is 26.7 Å². The van der Waals surface area contributed by atoms with Crippen molar-refractivity contribution in [3.63, 3.8) is 0 Å². The summed E-state index contributed by atoms with van der Waals surface area (Å²) in [7, 11) is 0. The van der Waals surface area contributed by atoms with E-state index in [-0.39, 0.29) is 19.4 Å². The molecule has 0 radical (unpaired) electrons. The molecular weight excluding hydrogens is 334 g/mol. The number of aldehydes is 1. The Morgan fingerprint density at radius 3 is 2.32 bits per heavy atom. The van der Waals surface area contributed by atoms with Gasteiger partial charge in [-0.25, -0.2) is 0 Å². The molecule has 0 fully saturated rings. The maximum atomic E-state index is 11.5. The van der Waals surface area contributed by atoms with Crippen LogP contribution in [-0.2, 0) is 33.4 Å². The highest BCUT2D eigenvalue weighted by Gasteiger charge is 2.31. The van der Waals surface area contributed by atoms with E-state index in [4.69, 9.17) is 14.2 Å². The number of carbonyl (C=O) groups excluding carboxylic acids is 4. The molecule has 144 valence electrons. The first-order chi connectivity index (χ1) is 11.7. The van der Waals surface area contributed by atoms with E-state index in [2.05, 4.69) is 5.32 Å². The Morgan fingerprint density at radius 2 is 1.88 bits per heavy atom. The number of esters is 2. The molecule has 0 aliphatic rings. The number of amides is 1. The van der Waals surface area contributed by atoms with E-state index in [9.17, 15) is 24.3 Å². The third kappa shape index (κ3) is 10.5. The Kier molecular flexibility index (Phi) is 11.4. The summed E-state index contributed by atoms with van der Waals surface area (Å²) in [6.45, 7) is 5.35. The normalized spacial score (nSPS) is 15.4. The van der Waals surface area contributed by atoms with Crippen LogP contribution in [0.15, 0.2) is 0 Å². The summed E-state index contributed by atoms with van der Waals surface area (Å²) in [5, 5.41) is 12.3. The lowest BCUT2D eigenvalue weighted by Gasteiger charge is -2.30. The van der Waals surface area contributed by atoms with Gasteiger partial charge < -0.3 is 29.4 Å². The van der Waals surface area contributed by atoms with Crippen LogP contribution in [-0.4, -0.2) is 60.4 Å². The molecule has 25 heavy (non-hydrogen) atoms. The first-order valence-corrected chi connectivity index (χ1v) is 8.08. The molecule has 9 heteroatoms. The van der Waals surface area contributed by atoms with Crippen molar-refractivity contribution in [2.45, 2.75) is 71.5 Å². The molecule has 0 bridgehead atoms. The maximum Gasteiger partial charge on any atom is 0.305 e. The molecule has 9 nitrogen and oxygen atoms in total. The van der Waals surface area contributed by atoms with Crippen LogP contribution in [0.4, 0.5) is 0 Å². The van der Waals surface area contributed by atoms with Crippen molar-refractivity contribution in [2.24, 2.45) is 0 Å². The topological polar surface area (TPSA) is 128 Å². The van der Waals surface area contributed by atoms with Gasteiger partial charge in [-0.2, -0.15) is 0 Å². The summed E-state index contributed by atoms with van der Waals surface area (Å²) in [6, 6.07) is -0.938. The van der Waals surface area contributed by atoms with Crippen LogP contribution in [0.5, 0.6) is 0 Å². The van der Waals surface area contributed by atoms with E-state index >= 15 is 0 Å². The zero-order valence-electron chi connectivity index (χ0n) is 15.0. The molecule has 0 aromatic heterocycles. The van der Waals surface area contributed by atoms with Gasteiger partial charge in [-0.15, -0.1) is 0 Å². The molecule has 1 amide bonds. The van der Waals surface area contributed by atoms with Crippen LogP contribution in [0.25, 0.3) is 0 Å². The first kappa shape index (κ1) is 23.0. The number of aliphatic hydroxyl groups excluding tert-OH is 1. The lowest BCUT2D eigenvalue weighted by molar-refractivity contribution is -0.215. The smallest absolute Gasteiger partial charge is 0.305 e. The first-order valence-electron chi connectivity index (χ1n) is 8.08. The molecule has 0 aliphatic carbocycles. The Morgan fingerprint density at radius 1 is 1.24 bits per heavy atom. The predicted octanol–water partition coefficient (Wildman–Crippen LogP) is 0.0786. The fourth-order valence-corrected chi connectivity index (χ4v) is 1.89. The lowest BCUT2D eigenvalue weighted by Crippen LogP contribution is -2.49. The highest BCUT2D eigenvalue weighted by Crippen LogP contribution is 2.13. The number of aliphatic hydroxyl groups is 1. The molecule has 0 rings (SSSR count). The van der Waals surface area contributed by atoms with Crippen LogP contribution in [0.3, 0.4) is 0 Å². The zero-order valence-corrected chi connectivity index (χ0v) is 15.0. The summed E-state index contributed by atoms with van der Waals surface area (Å²) >= 11 is 0. The minimum absolute atomic E-state index is 0.167. The molecule has 0 spiro atoms. The largest absolute Gasteiger partial charge is 0.463 e. The number of hydrogen-bond donors (Lipinski definition) is 2. The Bertz CT molecular complexity index is 451. The third-order valence-corrected chi connectivity index (χ3v) is 3.06. The standard InChI is InChI=1S/C16H27NO8/c1-5-6-15(22)23-9-14(10(2)19)25-16(24-12(4)21)13(7-8-18)17-11(3)20/h8,10,13-14,16,19H,5-7,9H2,1-4H3,(H,17,20)/t10-,13+,14?,16?/m0/s1. The fraction of sp³-hybridized carbons (Fsp3) is 0.750. The van der Waals surface area contributed by atoms with E-state index in [1.165, 1.54) is 13.8 Å². The summed E-state index contributed by atoms with van der Waals surface area (Å²) in [4.78, 5) is 44.9. The van der Waals surface area contributed by atoms with Gasteiger partial charge in [-0.1, -0.05) is 6.92 Å². The second kappa shape index (κ2) is 12.4. The maximum absolute atomic E-state index is 11.5. The van der Waals surface area contributed by atoms with Crippen LogP contribution < -0.4 is 5.32 Å². The minimum Gasteiger partial charge on any atom is -0.463 e. The molecule has 0 aliphatic heterocycles. The highest BCUT2D eigenvalue weighted by atomic mass is 16.7. The molecule has 0 heterocycles. The average Bonchev–Trinajstić information content (AvgIpc) is 2.49. The number of hydrogen-bond acceptors (Lipinski definition) is 8. The van der Waals surface area contributed by atoms with Crippen molar-refractivity contribution in [1.29, 1.82) is 0 Å². The van der Waals surface area contributed by atoms with Gasteiger partial charge in [0.2, 0.25) is 12.2 Å². The Labute approximate surface area is 147 Å². The number of rotatable bonds is 12. The number of nitrogens with one attached hydrogen (secondary N) is 1. The molecular formula is C16H27NO8. The van der Waals surface area contributed by atoms with E-state index in [0.29, 0.717) is 12.7 Å². The van der Waals surface area contributed by atoms with Crippen molar-refractivity contribution in [3.05, 3.63) is 0 Å².